The number of halogens is 1. The van der Waals surface area contributed by atoms with Crippen LogP contribution in [0.4, 0.5) is 5.69 Å². The molecule has 0 aliphatic carbocycles. The van der Waals surface area contributed by atoms with Crippen LogP contribution in [0, 0.1) is 0 Å². The minimum Gasteiger partial charge on any atom is -0.504 e. The number of phenols is 1. The number of benzene rings is 2. The number of hydrogen-bond donors (Lipinski definition) is 3. The van der Waals surface area contributed by atoms with Crippen molar-refractivity contribution in [2.24, 2.45) is 5.10 Å². The van der Waals surface area contributed by atoms with Gasteiger partial charge < -0.3 is 19.9 Å². The summed E-state index contributed by atoms with van der Waals surface area (Å²) < 4.78 is 11.2. The lowest BCUT2D eigenvalue weighted by Crippen LogP contribution is -2.34. The van der Waals surface area contributed by atoms with Gasteiger partial charge in [0.1, 0.15) is 11.8 Å². The molecule has 3 N–H and O–H groups in total. The zero-order chi connectivity index (χ0) is 19.8. The van der Waals surface area contributed by atoms with Crippen molar-refractivity contribution in [2.75, 3.05) is 19.0 Å². The van der Waals surface area contributed by atoms with Crippen LogP contribution in [0.25, 0.3) is 0 Å². The Kier molecular flexibility index (Phi) is 7.48. The van der Waals surface area contributed by atoms with Gasteiger partial charge >= 0.3 is 0 Å². The van der Waals surface area contributed by atoms with Gasteiger partial charge in [-0.3, -0.25) is 4.79 Å². The van der Waals surface area contributed by atoms with Crippen molar-refractivity contribution >= 4 is 33.7 Å². The summed E-state index contributed by atoms with van der Waals surface area (Å²) in [5.41, 5.74) is 3.65. The number of phenolic OH excluding ortho intramolecular Hbond substituents is 1. The van der Waals surface area contributed by atoms with Gasteiger partial charge in [-0.1, -0.05) is 15.9 Å². The molecule has 7 nitrogen and oxygen atoms in total. The first-order chi connectivity index (χ1) is 12.9. The van der Waals surface area contributed by atoms with Gasteiger partial charge in [0.15, 0.2) is 11.5 Å². The zero-order valence-electron chi connectivity index (χ0n) is 15.3. The fraction of sp³-hybridized carbons (Fsp3) is 0.263. The van der Waals surface area contributed by atoms with Crippen molar-refractivity contribution in [1.82, 2.24) is 5.43 Å². The normalized spacial score (nSPS) is 11.9. The highest BCUT2D eigenvalue weighted by molar-refractivity contribution is 9.10. The molecule has 0 unspecified atom stereocenters. The molecular formula is C19H22BrN3O4. The second-order valence-electron chi connectivity index (χ2n) is 5.60. The van der Waals surface area contributed by atoms with Crippen molar-refractivity contribution in [2.45, 2.75) is 19.9 Å². The molecule has 8 heteroatoms. The van der Waals surface area contributed by atoms with E-state index in [0.29, 0.717) is 17.9 Å². The standard InChI is InChI=1S/C19H22BrN3O4/c1-4-27-16-7-5-15(6-8-16)22-12(2)19(25)23-21-11-13-9-14(20)10-17(26-3)18(13)24/h5-12,22,24H,4H2,1-3H3,(H,23,25)/b21-11-/t12-/m0/s1. The number of nitrogens with zero attached hydrogens (tertiary/aromatic N) is 1. The van der Waals surface area contributed by atoms with E-state index in [2.05, 4.69) is 31.8 Å². The summed E-state index contributed by atoms with van der Waals surface area (Å²) in [7, 11) is 1.46. The molecule has 0 saturated carbocycles. The molecule has 0 aliphatic rings. The quantitative estimate of drug-likeness (QED) is 0.435. The molecule has 0 aliphatic heterocycles. The molecule has 0 saturated heterocycles. The molecule has 1 atom stereocenters. The van der Waals surface area contributed by atoms with E-state index in [1.54, 1.807) is 19.1 Å². The minimum absolute atomic E-state index is 0.0562. The Balaban J connectivity index is 1.94. The monoisotopic (exact) mass is 435 g/mol. The number of anilines is 1. The highest BCUT2D eigenvalue weighted by Crippen LogP contribution is 2.32. The Morgan fingerprint density at radius 1 is 1.33 bits per heavy atom. The van der Waals surface area contributed by atoms with Crippen molar-refractivity contribution in [3.63, 3.8) is 0 Å². The number of nitrogens with one attached hydrogen (secondary N) is 2. The molecule has 0 aromatic heterocycles. The molecule has 0 radical (unpaired) electrons. The summed E-state index contributed by atoms with van der Waals surface area (Å²) in [5, 5.41) is 17.0. The van der Waals surface area contributed by atoms with E-state index in [1.165, 1.54) is 13.3 Å². The van der Waals surface area contributed by atoms with Crippen LogP contribution < -0.4 is 20.2 Å². The van der Waals surface area contributed by atoms with Crippen molar-refractivity contribution in [3.8, 4) is 17.2 Å². The van der Waals surface area contributed by atoms with E-state index < -0.39 is 6.04 Å². The van der Waals surface area contributed by atoms with Gasteiger partial charge in [0.2, 0.25) is 0 Å². The first-order valence-corrected chi connectivity index (χ1v) is 9.12. The first kappa shape index (κ1) is 20.6. The highest BCUT2D eigenvalue weighted by Gasteiger charge is 2.12. The Labute approximate surface area is 166 Å². The Bertz CT molecular complexity index is 809. The molecule has 2 aromatic rings. The molecule has 2 rings (SSSR count). The van der Waals surface area contributed by atoms with Crippen LogP contribution in [0.5, 0.6) is 17.2 Å². The molecule has 0 bridgehead atoms. The van der Waals surface area contributed by atoms with Crippen LogP contribution in [0.15, 0.2) is 46.0 Å². The van der Waals surface area contributed by atoms with Gasteiger partial charge in [-0.05, 0) is 50.2 Å². The third kappa shape index (κ3) is 5.89. The lowest BCUT2D eigenvalue weighted by atomic mass is 10.2. The van der Waals surface area contributed by atoms with E-state index in [9.17, 15) is 9.90 Å². The molecule has 144 valence electrons. The number of methoxy groups -OCH3 is 1. The Morgan fingerprint density at radius 2 is 2.04 bits per heavy atom. The average molecular weight is 436 g/mol. The van der Waals surface area contributed by atoms with E-state index in [4.69, 9.17) is 9.47 Å². The smallest absolute Gasteiger partial charge is 0.262 e. The van der Waals surface area contributed by atoms with Gasteiger partial charge in [-0.2, -0.15) is 5.10 Å². The molecule has 0 fully saturated rings. The van der Waals surface area contributed by atoms with Crippen LogP contribution in [0.2, 0.25) is 0 Å². The number of carbonyl (C=O) groups is 1. The van der Waals surface area contributed by atoms with E-state index in [1.807, 2.05) is 31.2 Å². The van der Waals surface area contributed by atoms with E-state index in [0.717, 1.165) is 15.9 Å². The van der Waals surface area contributed by atoms with Crippen molar-refractivity contribution in [3.05, 3.63) is 46.4 Å². The SMILES string of the molecule is CCOc1ccc(N[C@@H](C)C(=O)N/N=C\c2cc(Br)cc(OC)c2O)cc1. The highest BCUT2D eigenvalue weighted by atomic mass is 79.9. The lowest BCUT2D eigenvalue weighted by molar-refractivity contribution is -0.121. The summed E-state index contributed by atoms with van der Waals surface area (Å²) in [6.45, 7) is 4.24. The Morgan fingerprint density at radius 3 is 2.67 bits per heavy atom. The number of hydrazone groups is 1. The fourth-order valence-corrected chi connectivity index (χ4v) is 2.69. The molecule has 0 heterocycles. The second kappa shape index (κ2) is 9.82. The molecular weight excluding hydrogens is 414 g/mol. The third-order valence-electron chi connectivity index (χ3n) is 3.61. The van der Waals surface area contributed by atoms with Gasteiger partial charge in [0.25, 0.3) is 5.91 Å². The topological polar surface area (TPSA) is 92.2 Å². The van der Waals surface area contributed by atoms with E-state index in [-0.39, 0.29) is 11.7 Å². The summed E-state index contributed by atoms with van der Waals surface area (Å²) in [6.07, 6.45) is 1.35. The van der Waals surface area contributed by atoms with Gasteiger partial charge in [-0.25, -0.2) is 5.43 Å². The number of ether oxygens (including phenoxy) is 2. The largest absolute Gasteiger partial charge is 0.504 e. The summed E-state index contributed by atoms with van der Waals surface area (Å²) in [5.74, 6) is 0.706. The van der Waals surface area contributed by atoms with Gasteiger partial charge in [0, 0.05) is 15.7 Å². The number of carbonyl (C=O) groups excluding carboxylic acids is 1. The van der Waals surface area contributed by atoms with Crippen molar-refractivity contribution < 1.29 is 19.4 Å². The first-order valence-electron chi connectivity index (χ1n) is 8.33. The molecule has 0 spiro atoms. The van der Waals surface area contributed by atoms with Gasteiger partial charge in [-0.15, -0.1) is 0 Å². The lowest BCUT2D eigenvalue weighted by Gasteiger charge is -2.14. The zero-order valence-corrected chi connectivity index (χ0v) is 16.9. The minimum atomic E-state index is -0.509. The number of rotatable bonds is 8. The van der Waals surface area contributed by atoms with Crippen LogP contribution in [-0.2, 0) is 4.79 Å². The molecule has 1 amide bonds. The summed E-state index contributed by atoms with van der Waals surface area (Å²) >= 11 is 3.32. The predicted molar refractivity (Wildman–Crippen MR) is 109 cm³/mol. The maximum atomic E-state index is 12.2. The van der Waals surface area contributed by atoms with Crippen molar-refractivity contribution in [1.29, 1.82) is 0 Å². The fourth-order valence-electron chi connectivity index (χ4n) is 2.24. The summed E-state index contributed by atoms with van der Waals surface area (Å²) in [6, 6.07) is 10.1. The third-order valence-corrected chi connectivity index (χ3v) is 4.07. The Hall–Kier alpha value is -2.74. The molecule has 27 heavy (non-hydrogen) atoms. The number of hydrogen-bond acceptors (Lipinski definition) is 6. The maximum Gasteiger partial charge on any atom is 0.262 e. The second-order valence-corrected chi connectivity index (χ2v) is 6.52. The molecule has 2 aromatic carbocycles. The van der Waals surface area contributed by atoms with Gasteiger partial charge in [0.05, 0.1) is 19.9 Å². The summed E-state index contributed by atoms with van der Waals surface area (Å²) in [4.78, 5) is 12.2. The van der Waals surface area contributed by atoms with Crippen LogP contribution in [-0.4, -0.2) is 37.0 Å². The predicted octanol–water partition coefficient (Wildman–Crippen LogP) is 3.51. The van der Waals surface area contributed by atoms with Crippen LogP contribution >= 0.6 is 15.9 Å². The number of aromatic hydroxyl groups is 1. The van der Waals surface area contributed by atoms with Crippen LogP contribution in [0.3, 0.4) is 0 Å². The number of amides is 1. The maximum absolute atomic E-state index is 12.2. The van der Waals surface area contributed by atoms with Crippen LogP contribution in [0.1, 0.15) is 19.4 Å². The average Bonchev–Trinajstić information content (AvgIpc) is 2.65. The van der Waals surface area contributed by atoms with E-state index >= 15 is 0 Å².